The lowest BCUT2D eigenvalue weighted by Gasteiger charge is -2.44. The molecule has 1 amide bonds. The van der Waals surface area contributed by atoms with Crippen LogP contribution in [0, 0.1) is 0 Å². The van der Waals surface area contributed by atoms with Gasteiger partial charge >= 0.3 is 0 Å². The van der Waals surface area contributed by atoms with Gasteiger partial charge in [-0.25, -0.2) is 0 Å². The SMILES string of the molecule is COCC(=O)N[C@H]1CC2(CCCCC2)Oc2ccccc21. The molecule has 1 aromatic carbocycles. The molecule has 2 aliphatic rings. The molecule has 21 heavy (non-hydrogen) atoms. The molecule has 4 heteroatoms. The summed E-state index contributed by atoms with van der Waals surface area (Å²) < 4.78 is 11.3. The summed E-state index contributed by atoms with van der Waals surface area (Å²) in [6, 6.07) is 8.07. The normalized spacial score (nSPS) is 23.2. The summed E-state index contributed by atoms with van der Waals surface area (Å²) in [5.41, 5.74) is 0.982. The number of hydrogen-bond donors (Lipinski definition) is 1. The highest BCUT2D eigenvalue weighted by Gasteiger charge is 2.42. The molecule has 114 valence electrons. The number of ether oxygens (including phenoxy) is 2. The van der Waals surface area contributed by atoms with Crippen LogP contribution in [0.1, 0.15) is 50.1 Å². The second kappa shape index (κ2) is 6.06. The van der Waals surface area contributed by atoms with Gasteiger partial charge in [0.05, 0.1) is 6.04 Å². The number of rotatable bonds is 3. The van der Waals surface area contributed by atoms with E-state index in [9.17, 15) is 4.79 Å². The third-order valence-corrected chi connectivity index (χ3v) is 4.57. The molecule has 1 aliphatic heterocycles. The Kier molecular flexibility index (Phi) is 4.15. The molecule has 1 aliphatic carbocycles. The van der Waals surface area contributed by atoms with Gasteiger partial charge in [-0.05, 0) is 31.7 Å². The molecule has 1 atom stereocenters. The Labute approximate surface area is 125 Å². The number of nitrogens with one attached hydrogen (secondary N) is 1. The average Bonchev–Trinajstić information content (AvgIpc) is 2.48. The van der Waals surface area contributed by atoms with Gasteiger partial charge in [-0.2, -0.15) is 0 Å². The van der Waals surface area contributed by atoms with Gasteiger partial charge in [-0.15, -0.1) is 0 Å². The number of carbonyl (C=O) groups excluding carboxylic acids is 1. The molecular weight excluding hydrogens is 266 g/mol. The molecule has 1 fully saturated rings. The second-order valence-electron chi connectivity index (χ2n) is 6.14. The molecule has 0 aromatic heterocycles. The highest BCUT2D eigenvalue weighted by atomic mass is 16.5. The van der Waals surface area contributed by atoms with Crippen LogP contribution < -0.4 is 10.1 Å². The van der Waals surface area contributed by atoms with E-state index in [4.69, 9.17) is 9.47 Å². The van der Waals surface area contributed by atoms with Crippen molar-refractivity contribution < 1.29 is 14.3 Å². The van der Waals surface area contributed by atoms with Gasteiger partial charge < -0.3 is 14.8 Å². The van der Waals surface area contributed by atoms with E-state index >= 15 is 0 Å². The smallest absolute Gasteiger partial charge is 0.246 e. The first-order chi connectivity index (χ1) is 10.2. The monoisotopic (exact) mass is 289 g/mol. The highest BCUT2D eigenvalue weighted by Crippen LogP contribution is 2.45. The van der Waals surface area contributed by atoms with Gasteiger partial charge in [0.15, 0.2) is 0 Å². The van der Waals surface area contributed by atoms with Gasteiger partial charge in [0, 0.05) is 19.1 Å². The van der Waals surface area contributed by atoms with Crippen molar-refractivity contribution in [2.24, 2.45) is 0 Å². The molecule has 0 bridgehead atoms. The summed E-state index contributed by atoms with van der Waals surface area (Å²) in [7, 11) is 1.54. The lowest BCUT2D eigenvalue weighted by molar-refractivity contribution is -0.126. The van der Waals surface area contributed by atoms with E-state index in [1.807, 2.05) is 24.3 Å². The zero-order valence-electron chi connectivity index (χ0n) is 12.6. The van der Waals surface area contributed by atoms with Crippen LogP contribution in [-0.2, 0) is 9.53 Å². The number of methoxy groups -OCH3 is 1. The van der Waals surface area contributed by atoms with Crippen LogP contribution in [-0.4, -0.2) is 25.2 Å². The van der Waals surface area contributed by atoms with Gasteiger partial charge in [0.25, 0.3) is 0 Å². The quantitative estimate of drug-likeness (QED) is 0.930. The summed E-state index contributed by atoms with van der Waals surface area (Å²) in [5, 5.41) is 3.10. The van der Waals surface area contributed by atoms with Crippen molar-refractivity contribution in [2.45, 2.75) is 50.2 Å². The predicted molar refractivity (Wildman–Crippen MR) is 80.3 cm³/mol. The summed E-state index contributed by atoms with van der Waals surface area (Å²) in [6.45, 7) is 0.104. The van der Waals surface area contributed by atoms with Crippen LogP contribution in [0.5, 0.6) is 5.75 Å². The number of benzene rings is 1. The topological polar surface area (TPSA) is 47.6 Å². The molecule has 0 unspecified atom stereocenters. The number of fused-ring (bicyclic) bond motifs is 1. The van der Waals surface area contributed by atoms with Crippen molar-refractivity contribution in [1.82, 2.24) is 5.32 Å². The number of amides is 1. The van der Waals surface area contributed by atoms with Crippen LogP contribution in [0.4, 0.5) is 0 Å². The lowest BCUT2D eigenvalue weighted by Crippen LogP contribution is -2.46. The van der Waals surface area contributed by atoms with E-state index in [1.165, 1.54) is 19.3 Å². The number of hydrogen-bond acceptors (Lipinski definition) is 3. The molecule has 1 saturated carbocycles. The van der Waals surface area contributed by atoms with Crippen molar-refractivity contribution in [3.63, 3.8) is 0 Å². The summed E-state index contributed by atoms with van der Waals surface area (Å²) in [4.78, 5) is 11.9. The van der Waals surface area contributed by atoms with Crippen LogP contribution in [0.2, 0.25) is 0 Å². The zero-order valence-corrected chi connectivity index (χ0v) is 12.6. The van der Waals surface area contributed by atoms with Gasteiger partial charge in [0.2, 0.25) is 5.91 Å². The molecule has 3 rings (SSSR count). The Hall–Kier alpha value is -1.55. The third-order valence-electron chi connectivity index (χ3n) is 4.57. The van der Waals surface area contributed by atoms with Crippen LogP contribution in [0.25, 0.3) is 0 Å². The first-order valence-corrected chi connectivity index (χ1v) is 7.79. The van der Waals surface area contributed by atoms with E-state index in [-0.39, 0.29) is 24.2 Å². The first-order valence-electron chi connectivity index (χ1n) is 7.79. The molecular formula is C17H23NO3. The molecule has 1 aromatic rings. The minimum absolute atomic E-state index is 0.0238. The summed E-state index contributed by atoms with van der Waals surface area (Å²) in [6.07, 6.45) is 6.73. The van der Waals surface area contributed by atoms with Crippen LogP contribution in [0.15, 0.2) is 24.3 Å². The predicted octanol–water partition coefficient (Wildman–Crippen LogP) is 2.98. The minimum atomic E-state index is -0.0996. The van der Waals surface area contributed by atoms with E-state index in [1.54, 1.807) is 7.11 Å². The zero-order chi connectivity index (χ0) is 14.7. The molecule has 4 nitrogen and oxygen atoms in total. The maximum atomic E-state index is 11.9. The molecule has 1 spiro atoms. The molecule has 1 N–H and O–H groups in total. The fourth-order valence-electron chi connectivity index (χ4n) is 3.62. The fourth-order valence-corrected chi connectivity index (χ4v) is 3.62. The van der Waals surface area contributed by atoms with Crippen molar-refractivity contribution in [2.75, 3.05) is 13.7 Å². The molecule has 1 heterocycles. The Bertz CT molecular complexity index is 509. The van der Waals surface area contributed by atoms with Crippen molar-refractivity contribution in [1.29, 1.82) is 0 Å². The Morgan fingerprint density at radius 1 is 1.33 bits per heavy atom. The van der Waals surface area contributed by atoms with E-state index in [0.717, 1.165) is 30.6 Å². The number of carbonyl (C=O) groups is 1. The Morgan fingerprint density at radius 3 is 2.86 bits per heavy atom. The summed E-state index contributed by atoms with van der Waals surface area (Å²) in [5.74, 6) is 0.860. The molecule has 0 radical (unpaired) electrons. The van der Waals surface area contributed by atoms with Crippen molar-refractivity contribution >= 4 is 5.91 Å². The van der Waals surface area contributed by atoms with Crippen LogP contribution in [0.3, 0.4) is 0 Å². The second-order valence-corrected chi connectivity index (χ2v) is 6.14. The maximum absolute atomic E-state index is 11.9. The standard InChI is InChI=1S/C17H23NO3/c1-20-12-16(19)18-14-11-17(9-5-2-6-10-17)21-15-8-4-3-7-13(14)15/h3-4,7-8,14H,2,5-6,9-12H2,1H3,(H,18,19)/t14-/m0/s1. The van der Waals surface area contributed by atoms with Gasteiger partial charge in [-0.1, -0.05) is 24.6 Å². The Morgan fingerprint density at radius 2 is 2.10 bits per heavy atom. The van der Waals surface area contributed by atoms with Gasteiger partial charge in [-0.3, -0.25) is 4.79 Å². The lowest BCUT2D eigenvalue weighted by atomic mass is 9.77. The first kappa shape index (κ1) is 14.4. The minimum Gasteiger partial charge on any atom is -0.487 e. The fraction of sp³-hybridized carbons (Fsp3) is 0.588. The van der Waals surface area contributed by atoms with E-state index in [0.29, 0.717) is 0 Å². The number of para-hydroxylation sites is 1. The van der Waals surface area contributed by atoms with E-state index in [2.05, 4.69) is 5.32 Å². The maximum Gasteiger partial charge on any atom is 0.246 e. The molecule has 0 saturated heterocycles. The third kappa shape index (κ3) is 3.05. The van der Waals surface area contributed by atoms with E-state index < -0.39 is 0 Å². The van der Waals surface area contributed by atoms with Crippen molar-refractivity contribution in [3.05, 3.63) is 29.8 Å². The van der Waals surface area contributed by atoms with Gasteiger partial charge in [0.1, 0.15) is 18.0 Å². The highest BCUT2D eigenvalue weighted by molar-refractivity contribution is 5.77. The average molecular weight is 289 g/mol. The Balaban J connectivity index is 1.85. The van der Waals surface area contributed by atoms with Crippen molar-refractivity contribution in [3.8, 4) is 5.75 Å². The van der Waals surface area contributed by atoms with Crippen LogP contribution >= 0.6 is 0 Å². The largest absolute Gasteiger partial charge is 0.487 e. The summed E-state index contributed by atoms with van der Waals surface area (Å²) >= 11 is 0.